The van der Waals surface area contributed by atoms with E-state index in [1.54, 1.807) is 0 Å². The smallest absolute Gasteiger partial charge is 0.220 e. The highest BCUT2D eigenvalue weighted by molar-refractivity contribution is 5.76. The quantitative estimate of drug-likeness (QED) is 0.783. The van der Waals surface area contributed by atoms with Crippen molar-refractivity contribution < 1.29 is 4.79 Å². The standard InChI is InChI=1S/C12H20N2O/c1-8(2)5-12(15)13-7-11-6-9(3)14-10(11)4/h6,8,14H,5,7H2,1-4H3,(H,13,15). The SMILES string of the molecule is Cc1cc(CNC(=O)CC(C)C)c(C)[nH]1. The topological polar surface area (TPSA) is 44.9 Å². The lowest BCUT2D eigenvalue weighted by Crippen LogP contribution is -2.24. The number of carbonyl (C=O) groups excluding carboxylic acids is 1. The monoisotopic (exact) mass is 208 g/mol. The number of hydrogen-bond donors (Lipinski definition) is 2. The lowest BCUT2D eigenvalue weighted by atomic mass is 10.1. The van der Waals surface area contributed by atoms with Crippen molar-refractivity contribution in [2.24, 2.45) is 5.92 Å². The zero-order chi connectivity index (χ0) is 11.4. The number of aromatic amines is 1. The summed E-state index contributed by atoms with van der Waals surface area (Å²) in [6.45, 7) is 8.77. The van der Waals surface area contributed by atoms with Gasteiger partial charge in [0.1, 0.15) is 0 Å². The molecule has 0 aliphatic rings. The fourth-order valence-electron chi connectivity index (χ4n) is 1.60. The summed E-state index contributed by atoms with van der Waals surface area (Å²) in [5, 5.41) is 2.93. The molecular formula is C12H20N2O. The van der Waals surface area contributed by atoms with Crippen molar-refractivity contribution in [3.8, 4) is 0 Å². The number of nitrogens with one attached hydrogen (secondary N) is 2. The van der Waals surface area contributed by atoms with Gasteiger partial charge in [-0.15, -0.1) is 0 Å². The van der Waals surface area contributed by atoms with Gasteiger partial charge in [0.25, 0.3) is 0 Å². The van der Waals surface area contributed by atoms with Gasteiger partial charge >= 0.3 is 0 Å². The Hall–Kier alpha value is -1.25. The second kappa shape index (κ2) is 5.01. The summed E-state index contributed by atoms with van der Waals surface area (Å²) in [6.07, 6.45) is 0.600. The molecule has 15 heavy (non-hydrogen) atoms. The van der Waals surface area contributed by atoms with E-state index in [-0.39, 0.29) is 5.91 Å². The van der Waals surface area contributed by atoms with E-state index < -0.39 is 0 Å². The van der Waals surface area contributed by atoms with Gasteiger partial charge < -0.3 is 10.3 Å². The third-order valence-electron chi connectivity index (χ3n) is 2.33. The summed E-state index contributed by atoms with van der Waals surface area (Å²) in [4.78, 5) is 14.6. The number of carbonyl (C=O) groups is 1. The fourth-order valence-corrected chi connectivity index (χ4v) is 1.60. The van der Waals surface area contributed by atoms with Gasteiger partial charge in [-0.2, -0.15) is 0 Å². The van der Waals surface area contributed by atoms with E-state index in [1.807, 2.05) is 27.7 Å². The molecule has 0 aliphatic carbocycles. The highest BCUT2D eigenvalue weighted by atomic mass is 16.1. The van der Waals surface area contributed by atoms with Crippen LogP contribution in [0.1, 0.15) is 37.2 Å². The van der Waals surface area contributed by atoms with Crippen LogP contribution in [0.5, 0.6) is 0 Å². The maximum Gasteiger partial charge on any atom is 0.220 e. The predicted molar refractivity (Wildman–Crippen MR) is 61.6 cm³/mol. The number of aryl methyl sites for hydroxylation is 2. The summed E-state index contributed by atoms with van der Waals surface area (Å²) in [6, 6.07) is 2.07. The maximum absolute atomic E-state index is 11.4. The van der Waals surface area contributed by atoms with Crippen LogP contribution in [0.3, 0.4) is 0 Å². The summed E-state index contributed by atoms with van der Waals surface area (Å²) >= 11 is 0. The minimum Gasteiger partial charge on any atom is -0.362 e. The number of rotatable bonds is 4. The summed E-state index contributed by atoms with van der Waals surface area (Å²) in [5.74, 6) is 0.544. The van der Waals surface area contributed by atoms with E-state index in [1.165, 1.54) is 5.56 Å². The molecule has 0 radical (unpaired) electrons. The number of aromatic nitrogens is 1. The number of amides is 1. The third kappa shape index (κ3) is 3.78. The van der Waals surface area contributed by atoms with Crippen molar-refractivity contribution in [3.63, 3.8) is 0 Å². The lowest BCUT2D eigenvalue weighted by Gasteiger charge is -2.06. The highest BCUT2D eigenvalue weighted by Gasteiger charge is 2.06. The van der Waals surface area contributed by atoms with Crippen molar-refractivity contribution in [3.05, 3.63) is 23.0 Å². The van der Waals surface area contributed by atoms with Gasteiger partial charge in [0.15, 0.2) is 0 Å². The second-order valence-electron chi connectivity index (χ2n) is 4.48. The van der Waals surface area contributed by atoms with Crippen LogP contribution in [0, 0.1) is 19.8 Å². The molecule has 0 fully saturated rings. The molecule has 2 N–H and O–H groups in total. The van der Waals surface area contributed by atoms with Crippen LogP contribution in [0.4, 0.5) is 0 Å². The molecule has 1 aromatic heterocycles. The third-order valence-corrected chi connectivity index (χ3v) is 2.33. The Bertz CT molecular complexity index is 339. The molecule has 0 atom stereocenters. The molecular weight excluding hydrogens is 188 g/mol. The Morgan fingerprint density at radius 3 is 2.60 bits per heavy atom. The summed E-state index contributed by atoms with van der Waals surface area (Å²) in [7, 11) is 0. The molecule has 84 valence electrons. The van der Waals surface area contributed by atoms with Crippen molar-refractivity contribution in [2.75, 3.05) is 0 Å². The highest BCUT2D eigenvalue weighted by Crippen LogP contribution is 2.09. The second-order valence-corrected chi connectivity index (χ2v) is 4.48. The van der Waals surface area contributed by atoms with E-state index in [0.717, 1.165) is 11.4 Å². The summed E-state index contributed by atoms with van der Waals surface area (Å²) < 4.78 is 0. The van der Waals surface area contributed by atoms with Crippen molar-refractivity contribution in [2.45, 2.75) is 40.7 Å². The van der Waals surface area contributed by atoms with Crippen LogP contribution in [-0.4, -0.2) is 10.9 Å². The number of hydrogen-bond acceptors (Lipinski definition) is 1. The largest absolute Gasteiger partial charge is 0.362 e. The van der Waals surface area contributed by atoms with Gasteiger partial charge in [0.2, 0.25) is 5.91 Å². The molecule has 0 spiro atoms. The molecule has 1 amide bonds. The number of H-pyrrole nitrogens is 1. The Labute approximate surface area is 91.3 Å². The molecule has 1 rings (SSSR count). The van der Waals surface area contributed by atoms with Crippen molar-refractivity contribution in [1.82, 2.24) is 10.3 Å². The van der Waals surface area contributed by atoms with Crippen molar-refractivity contribution >= 4 is 5.91 Å². The van der Waals surface area contributed by atoms with E-state index >= 15 is 0 Å². The van der Waals surface area contributed by atoms with Crippen molar-refractivity contribution in [1.29, 1.82) is 0 Å². The molecule has 0 saturated carbocycles. The van der Waals surface area contributed by atoms with Crippen LogP contribution < -0.4 is 5.32 Å². The average Bonchev–Trinajstić information content (AvgIpc) is 2.40. The van der Waals surface area contributed by atoms with Crippen LogP contribution in [-0.2, 0) is 11.3 Å². The molecule has 0 aromatic carbocycles. The molecule has 0 aliphatic heterocycles. The van der Waals surface area contributed by atoms with E-state index in [4.69, 9.17) is 0 Å². The minimum absolute atomic E-state index is 0.128. The average molecular weight is 208 g/mol. The lowest BCUT2D eigenvalue weighted by molar-refractivity contribution is -0.121. The van der Waals surface area contributed by atoms with Gasteiger partial charge in [-0.05, 0) is 31.4 Å². The first-order chi connectivity index (χ1) is 6.99. The molecule has 0 bridgehead atoms. The Balaban J connectivity index is 2.43. The van der Waals surface area contributed by atoms with Gasteiger partial charge in [-0.25, -0.2) is 0 Å². The minimum atomic E-state index is 0.128. The van der Waals surface area contributed by atoms with Crippen LogP contribution in [0.15, 0.2) is 6.07 Å². The van der Waals surface area contributed by atoms with Crippen LogP contribution in [0.25, 0.3) is 0 Å². The Kier molecular flexibility index (Phi) is 3.95. The van der Waals surface area contributed by atoms with Gasteiger partial charge in [0.05, 0.1) is 0 Å². The molecule has 0 unspecified atom stereocenters. The van der Waals surface area contributed by atoms with E-state index in [2.05, 4.69) is 16.4 Å². The molecule has 1 heterocycles. The molecule has 3 nitrogen and oxygen atoms in total. The van der Waals surface area contributed by atoms with E-state index in [0.29, 0.717) is 18.9 Å². The molecule has 1 aromatic rings. The Morgan fingerprint density at radius 1 is 1.47 bits per heavy atom. The van der Waals surface area contributed by atoms with Gasteiger partial charge in [-0.3, -0.25) is 4.79 Å². The fraction of sp³-hybridized carbons (Fsp3) is 0.583. The van der Waals surface area contributed by atoms with Crippen LogP contribution in [0.2, 0.25) is 0 Å². The first-order valence-corrected chi connectivity index (χ1v) is 5.41. The zero-order valence-corrected chi connectivity index (χ0v) is 9.98. The zero-order valence-electron chi connectivity index (χ0n) is 9.98. The molecule has 3 heteroatoms. The maximum atomic E-state index is 11.4. The predicted octanol–water partition coefficient (Wildman–Crippen LogP) is 2.29. The first-order valence-electron chi connectivity index (χ1n) is 5.41. The van der Waals surface area contributed by atoms with Gasteiger partial charge in [0, 0.05) is 24.4 Å². The van der Waals surface area contributed by atoms with Crippen LogP contribution >= 0.6 is 0 Å². The van der Waals surface area contributed by atoms with E-state index in [9.17, 15) is 4.79 Å². The first kappa shape index (κ1) is 11.8. The molecule has 0 saturated heterocycles. The normalized spacial score (nSPS) is 10.7. The van der Waals surface area contributed by atoms with Gasteiger partial charge in [-0.1, -0.05) is 13.8 Å². The Morgan fingerprint density at radius 2 is 2.13 bits per heavy atom. The summed E-state index contributed by atoms with van der Waals surface area (Å²) in [5.41, 5.74) is 3.45.